The van der Waals surface area contributed by atoms with Crippen molar-refractivity contribution in [2.45, 2.75) is 26.4 Å². The van der Waals surface area contributed by atoms with Gasteiger partial charge in [-0.25, -0.2) is 0 Å². The van der Waals surface area contributed by atoms with Gasteiger partial charge in [-0.15, -0.1) is 0 Å². The molecule has 2 N–H and O–H groups in total. The molecule has 2 aromatic carbocycles. The summed E-state index contributed by atoms with van der Waals surface area (Å²) in [7, 11) is 1.73. The summed E-state index contributed by atoms with van der Waals surface area (Å²) in [5.41, 5.74) is 2.99. The third kappa shape index (κ3) is 3.57. The predicted octanol–water partition coefficient (Wildman–Crippen LogP) is 4.86. The average Bonchev–Trinajstić information content (AvgIpc) is 3.14. The number of ether oxygens (including phenoxy) is 1. The number of nitrogens with zero attached hydrogens (tertiary/aromatic N) is 1. The van der Waals surface area contributed by atoms with Crippen molar-refractivity contribution in [3.63, 3.8) is 0 Å². The average molecular weight is 388 g/mol. The van der Waals surface area contributed by atoms with E-state index in [0.29, 0.717) is 11.3 Å². The van der Waals surface area contributed by atoms with Crippen molar-refractivity contribution < 1.29 is 9.84 Å². The van der Waals surface area contributed by atoms with Crippen LogP contribution in [0.1, 0.15) is 25.0 Å². The van der Waals surface area contributed by atoms with Crippen molar-refractivity contribution in [3.05, 3.63) is 82.4 Å². The monoisotopic (exact) mass is 388 g/mol. The van der Waals surface area contributed by atoms with Gasteiger partial charge in [0.25, 0.3) is 5.56 Å². The summed E-state index contributed by atoms with van der Waals surface area (Å²) >= 11 is 0. The number of aromatic nitrogens is 2. The number of hydrogen-bond donors (Lipinski definition) is 2. The highest BCUT2D eigenvalue weighted by molar-refractivity contribution is 5.96. The van der Waals surface area contributed by atoms with Gasteiger partial charge in [0.1, 0.15) is 17.0 Å². The van der Waals surface area contributed by atoms with E-state index in [0.717, 1.165) is 33.4 Å². The van der Waals surface area contributed by atoms with E-state index in [1.54, 1.807) is 31.7 Å². The number of aryl methyl sites for hydroxylation is 2. The van der Waals surface area contributed by atoms with Gasteiger partial charge in [-0.05, 0) is 62.2 Å². The van der Waals surface area contributed by atoms with Crippen LogP contribution in [0.2, 0.25) is 0 Å². The van der Waals surface area contributed by atoms with Gasteiger partial charge >= 0.3 is 0 Å². The number of aliphatic hydroxyl groups is 1. The zero-order valence-corrected chi connectivity index (χ0v) is 17.0. The molecule has 2 heterocycles. The van der Waals surface area contributed by atoms with E-state index in [9.17, 15) is 9.90 Å². The fourth-order valence-corrected chi connectivity index (χ4v) is 3.50. The third-order valence-corrected chi connectivity index (χ3v) is 5.09. The fourth-order valence-electron chi connectivity index (χ4n) is 3.50. The number of aromatic amines is 1. The highest BCUT2D eigenvalue weighted by Crippen LogP contribution is 2.39. The Kier molecular flexibility index (Phi) is 4.55. The standard InChI is InChI=1S/C24H24N2O3/c1-15-6-5-7-17(12-15)29-21-9-8-16(24(2,3)28)13-19(21)20-14-26(4)23(27)22-18(20)10-11-25-22/h5-14,25,28H,1-4H3. The van der Waals surface area contributed by atoms with E-state index in [1.807, 2.05) is 61.7 Å². The van der Waals surface area contributed by atoms with Crippen LogP contribution in [-0.4, -0.2) is 14.7 Å². The molecule has 0 saturated carbocycles. The van der Waals surface area contributed by atoms with E-state index in [4.69, 9.17) is 4.74 Å². The topological polar surface area (TPSA) is 67.2 Å². The largest absolute Gasteiger partial charge is 0.457 e. The van der Waals surface area contributed by atoms with Crippen molar-refractivity contribution in [1.29, 1.82) is 0 Å². The highest BCUT2D eigenvalue weighted by atomic mass is 16.5. The molecule has 0 fully saturated rings. The van der Waals surface area contributed by atoms with Crippen molar-refractivity contribution in [2.24, 2.45) is 7.05 Å². The Balaban J connectivity index is 1.96. The molecule has 4 aromatic rings. The van der Waals surface area contributed by atoms with Gasteiger partial charge in [0.2, 0.25) is 0 Å². The number of pyridine rings is 1. The molecule has 0 radical (unpaired) electrons. The quantitative estimate of drug-likeness (QED) is 0.525. The second kappa shape index (κ2) is 6.94. The molecule has 0 aliphatic carbocycles. The Bertz CT molecular complexity index is 1260. The van der Waals surface area contributed by atoms with E-state index in [2.05, 4.69) is 4.98 Å². The van der Waals surface area contributed by atoms with E-state index >= 15 is 0 Å². The zero-order chi connectivity index (χ0) is 20.8. The number of hydrogen-bond acceptors (Lipinski definition) is 3. The molecule has 0 unspecified atom stereocenters. The van der Waals surface area contributed by atoms with Crippen LogP contribution in [0.15, 0.2) is 65.7 Å². The molecule has 29 heavy (non-hydrogen) atoms. The minimum Gasteiger partial charge on any atom is -0.457 e. The smallest absolute Gasteiger partial charge is 0.274 e. The van der Waals surface area contributed by atoms with Gasteiger partial charge in [-0.1, -0.05) is 18.2 Å². The lowest BCUT2D eigenvalue weighted by molar-refractivity contribution is 0.0786. The lowest BCUT2D eigenvalue weighted by Gasteiger charge is -2.21. The molecule has 5 nitrogen and oxygen atoms in total. The molecule has 0 bridgehead atoms. The second-order valence-electron chi connectivity index (χ2n) is 7.91. The second-order valence-corrected chi connectivity index (χ2v) is 7.91. The Labute approximate surface area is 169 Å². The van der Waals surface area contributed by atoms with Gasteiger partial charge in [0, 0.05) is 36.0 Å². The predicted molar refractivity (Wildman–Crippen MR) is 115 cm³/mol. The van der Waals surface area contributed by atoms with Crippen LogP contribution in [0.25, 0.3) is 22.0 Å². The highest BCUT2D eigenvalue weighted by Gasteiger charge is 2.21. The van der Waals surface area contributed by atoms with Crippen molar-refractivity contribution >= 4 is 10.9 Å². The summed E-state index contributed by atoms with van der Waals surface area (Å²) < 4.78 is 7.79. The van der Waals surface area contributed by atoms with Gasteiger partial charge < -0.3 is 19.4 Å². The Morgan fingerprint density at radius 3 is 2.59 bits per heavy atom. The Morgan fingerprint density at radius 1 is 1.07 bits per heavy atom. The first-order valence-corrected chi connectivity index (χ1v) is 9.52. The van der Waals surface area contributed by atoms with Crippen LogP contribution in [0.4, 0.5) is 0 Å². The first-order chi connectivity index (χ1) is 13.7. The van der Waals surface area contributed by atoms with Crippen LogP contribution in [0.3, 0.4) is 0 Å². The third-order valence-electron chi connectivity index (χ3n) is 5.09. The summed E-state index contributed by atoms with van der Waals surface area (Å²) in [5.74, 6) is 1.39. The molecule has 148 valence electrons. The SMILES string of the molecule is Cc1cccc(Oc2ccc(C(C)(C)O)cc2-c2cn(C)c(=O)c3[nH]ccc23)c1. The molecule has 2 aromatic heterocycles. The molecule has 4 rings (SSSR count). The summed E-state index contributed by atoms with van der Waals surface area (Å²) in [5, 5.41) is 11.4. The first-order valence-electron chi connectivity index (χ1n) is 9.52. The lowest BCUT2D eigenvalue weighted by Crippen LogP contribution is -2.17. The summed E-state index contributed by atoms with van der Waals surface area (Å²) in [6.07, 6.45) is 3.57. The number of fused-ring (bicyclic) bond motifs is 1. The number of benzene rings is 2. The minimum absolute atomic E-state index is 0.0893. The van der Waals surface area contributed by atoms with E-state index in [-0.39, 0.29) is 5.56 Å². The first kappa shape index (κ1) is 19.0. The van der Waals surface area contributed by atoms with Crippen LogP contribution >= 0.6 is 0 Å². The maximum absolute atomic E-state index is 12.5. The molecule has 5 heteroatoms. The van der Waals surface area contributed by atoms with Crippen molar-refractivity contribution in [1.82, 2.24) is 9.55 Å². The van der Waals surface area contributed by atoms with Crippen molar-refractivity contribution in [3.8, 4) is 22.6 Å². The lowest BCUT2D eigenvalue weighted by atomic mass is 9.93. The molecule has 0 amide bonds. The Hall–Kier alpha value is -3.31. The molecular formula is C24H24N2O3. The maximum Gasteiger partial charge on any atom is 0.274 e. The zero-order valence-electron chi connectivity index (χ0n) is 17.0. The van der Waals surface area contributed by atoms with Gasteiger partial charge in [-0.2, -0.15) is 0 Å². The summed E-state index contributed by atoms with van der Waals surface area (Å²) in [4.78, 5) is 15.5. The molecule has 0 aliphatic rings. The summed E-state index contributed by atoms with van der Waals surface area (Å²) in [6.45, 7) is 5.51. The molecular weight excluding hydrogens is 364 g/mol. The number of nitrogens with one attached hydrogen (secondary N) is 1. The van der Waals surface area contributed by atoms with E-state index in [1.165, 1.54) is 0 Å². The molecule has 0 spiro atoms. The van der Waals surface area contributed by atoms with E-state index < -0.39 is 5.60 Å². The van der Waals surface area contributed by atoms with Crippen LogP contribution in [0, 0.1) is 6.92 Å². The molecule has 0 atom stereocenters. The van der Waals surface area contributed by atoms with Gasteiger partial charge in [-0.3, -0.25) is 4.79 Å². The maximum atomic E-state index is 12.5. The number of rotatable bonds is 4. The number of H-pyrrole nitrogens is 1. The van der Waals surface area contributed by atoms with Crippen LogP contribution < -0.4 is 10.3 Å². The van der Waals surface area contributed by atoms with Crippen LogP contribution in [-0.2, 0) is 12.6 Å². The summed E-state index contributed by atoms with van der Waals surface area (Å²) in [6, 6.07) is 15.4. The molecule has 0 aliphatic heterocycles. The minimum atomic E-state index is -1.01. The molecule has 0 saturated heterocycles. The van der Waals surface area contributed by atoms with Gasteiger partial charge in [0.05, 0.1) is 5.60 Å². The van der Waals surface area contributed by atoms with Gasteiger partial charge in [0.15, 0.2) is 0 Å². The van der Waals surface area contributed by atoms with Crippen LogP contribution in [0.5, 0.6) is 11.5 Å². The Morgan fingerprint density at radius 2 is 1.86 bits per heavy atom. The van der Waals surface area contributed by atoms with Crippen molar-refractivity contribution in [2.75, 3.05) is 0 Å². The fraction of sp³-hybridized carbons (Fsp3) is 0.208. The normalized spacial score (nSPS) is 11.8.